The largest absolute Gasteiger partial charge is 0.378 e. The molecule has 0 aliphatic heterocycles. The summed E-state index contributed by atoms with van der Waals surface area (Å²) in [6.45, 7) is 2.91. The molecule has 1 atom stereocenters. The first-order chi connectivity index (χ1) is 10.3. The number of benzene rings is 1. The van der Waals surface area contributed by atoms with Gasteiger partial charge in [0.05, 0.1) is 11.6 Å². The Hall–Kier alpha value is -1.45. The highest BCUT2D eigenvalue weighted by molar-refractivity contribution is 5.82. The zero-order valence-electron chi connectivity index (χ0n) is 12.9. The summed E-state index contributed by atoms with van der Waals surface area (Å²) in [6, 6.07) is 11.0. The summed E-state index contributed by atoms with van der Waals surface area (Å²) >= 11 is 0. The SMILES string of the molecule is CCOC1CC(CC(NC)c2cccc3ncccc23)C1. The first kappa shape index (κ1) is 14.5. The molecule has 0 bridgehead atoms. The number of hydrogen-bond acceptors (Lipinski definition) is 3. The van der Waals surface area contributed by atoms with Crippen LogP contribution in [0.25, 0.3) is 10.9 Å². The van der Waals surface area contributed by atoms with E-state index in [-0.39, 0.29) is 0 Å². The average Bonchev–Trinajstić information content (AvgIpc) is 2.49. The number of rotatable bonds is 6. The predicted octanol–water partition coefficient (Wildman–Crippen LogP) is 3.70. The molecular formula is C18H24N2O. The average molecular weight is 284 g/mol. The summed E-state index contributed by atoms with van der Waals surface area (Å²) in [5.41, 5.74) is 2.44. The van der Waals surface area contributed by atoms with Gasteiger partial charge in [-0.15, -0.1) is 0 Å². The van der Waals surface area contributed by atoms with Gasteiger partial charge in [-0.2, -0.15) is 0 Å². The maximum absolute atomic E-state index is 5.67. The Labute approximate surface area is 126 Å². The first-order valence-corrected chi connectivity index (χ1v) is 7.94. The van der Waals surface area contributed by atoms with Gasteiger partial charge in [0.15, 0.2) is 0 Å². The third-order valence-corrected chi connectivity index (χ3v) is 4.57. The number of fused-ring (bicyclic) bond motifs is 1. The van der Waals surface area contributed by atoms with Crippen molar-refractivity contribution in [1.29, 1.82) is 0 Å². The minimum absolute atomic E-state index is 0.394. The van der Waals surface area contributed by atoms with Crippen molar-refractivity contribution in [2.45, 2.75) is 38.3 Å². The molecule has 1 N–H and O–H groups in total. The quantitative estimate of drug-likeness (QED) is 0.878. The van der Waals surface area contributed by atoms with E-state index in [4.69, 9.17) is 4.74 Å². The number of pyridine rings is 1. The van der Waals surface area contributed by atoms with Crippen molar-refractivity contribution in [2.24, 2.45) is 5.92 Å². The normalized spacial score (nSPS) is 23.0. The molecule has 1 heterocycles. The molecule has 3 rings (SSSR count). The van der Waals surface area contributed by atoms with Crippen LogP contribution in [0.1, 0.15) is 37.8 Å². The van der Waals surface area contributed by atoms with E-state index in [0.717, 1.165) is 18.0 Å². The van der Waals surface area contributed by atoms with Gasteiger partial charge in [0.2, 0.25) is 0 Å². The van der Waals surface area contributed by atoms with E-state index in [1.165, 1.54) is 30.2 Å². The Morgan fingerprint density at radius 1 is 1.29 bits per heavy atom. The van der Waals surface area contributed by atoms with E-state index < -0.39 is 0 Å². The third-order valence-electron chi connectivity index (χ3n) is 4.57. The summed E-state index contributed by atoms with van der Waals surface area (Å²) in [4.78, 5) is 4.46. The second kappa shape index (κ2) is 6.54. The molecule has 1 fully saturated rings. The molecule has 1 aromatic heterocycles. The zero-order valence-corrected chi connectivity index (χ0v) is 12.9. The van der Waals surface area contributed by atoms with Crippen molar-refractivity contribution in [2.75, 3.05) is 13.7 Å². The first-order valence-electron chi connectivity index (χ1n) is 7.94. The van der Waals surface area contributed by atoms with Crippen LogP contribution >= 0.6 is 0 Å². The Morgan fingerprint density at radius 3 is 2.90 bits per heavy atom. The number of hydrogen-bond donors (Lipinski definition) is 1. The van der Waals surface area contributed by atoms with Crippen LogP contribution < -0.4 is 5.32 Å². The molecular weight excluding hydrogens is 260 g/mol. The van der Waals surface area contributed by atoms with Crippen LogP contribution in [0.5, 0.6) is 0 Å². The van der Waals surface area contributed by atoms with Gasteiger partial charge in [0.1, 0.15) is 0 Å². The number of aromatic nitrogens is 1. The van der Waals surface area contributed by atoms with Crippen molar-refractivity contribution >= 4 is 10.9 Å². The maximum atomic E-state index is 5.67. The molecule has 21 heavy (non-hydrogen) atoms. The van der Waals surface area contributed by atoms with Crippen LogP contribution in [-0.2, 0) is 4.74 Å². The van der Waals surface area contributed by atoms with Gasteiger partial charge in [0.25, 0.3) is 0 Å². The Morgan fingerprint density at radius 2 is 2.14 bits per heavy atom. The van der Waals surface area contributed by atoms with E-state index in [9.17, 15) is 0 Å². The van der Waals surface area contributed by atoms with Crippen molar-refractivity contribution in [3.8, 4) is 0 Å². The number of ether oxygens (including phenoxy) is 1. The van der Waals surface area contributed by atoms with Crippen LogP contribution in [-0.4, -0.2) is 24.7 Å². The summed E-state index contributed by atoms with van der Waals surface area (Å²) in [6.07, 6.45) is 5.93. The number of nitrogens with zero attached hydrogens (tertiary/aromatic N) is 1. The van der Waals surface area contributed by atoms with Gasteiger partial charge in [0, 0.05) is 24.2 Å². The lowest BCUT2D eigenvalue weighted by Gasteiger charge is -2.37. The topological polar surface area (TPSA) is 34.1 Å². The minimum Gasteiger partial charge on any atom is -0.378 e. The standard InChI is InChI=1S/C18H24N2O/c1-3-21-14-10-13(11-14)12-18(19-2)16-6-4-8-17-15(16)7-5-9-20-17/h4-9,13-14,18-19H,3,10-12H2,1-2H3. The summed E-state index contributed by atoms with van der Waals surface area (Å²) in [7, 11) is 2.05. The Bertz CT molecular complexity index is 587. The summed E-state index contributed by atoms with van der Waals surface area (Å²) in [5, 5.41) is 4.75. The van der Waals surface area contributed by atoms with Crippen molar-refractivity contribution < 1.29 is 4.74 Å². The molecule has 3 heteroatoms. The maximum Gasteiger partial charge on any atom is 0.0705 e. The van der Waals surface area contributed by atoms with Gasteiger partial charge < -0.3 is 10.1 Å². The highest BCUT2D eigenvalue weighted by Crippen LogP contribution is 2.38. The minimum atomic E-state index is 0.394. The van der Waals surface area contributed by atoms with Crippen molar-refractivity contribution in [1.82, 2.24) is 10.3 Å². The van der Waals surface area contributed by atoms with Crippen LogP contribution in [0.15, 0.2) is 36.5 Å². The second-order valence-electron chi connectivity index (χ2n) is 5.91. The lowest BCUT2D eigenvalue weighted by molar-refractivity contribution is -0.0289. The monoisotopic (exact) mass is 284 g/mol. The third kappa shape index (κ3) is 3.09. The molecule has 0 spiro atoms. The van der Waals surface area contributed by atoms with Gasteiger partial charge in [-0.05, 0) is 56.8 Å². The molecule has 1 saturated carbocycles. The highest BCUT2D eigenvalue weighted by atomic mass is 16.5. The van der Waals surface area contributed by atoms with Crippen LogP contribution in [0.4, 0.5) is 0 Å². The lowest BCUT2D eigenvalue weighted by Crippen LogP contribution is -2.34. The molecule has 0 radical (unpaired) electrons. The molecule has 3 nitrogen and oxygen atoms in total. The molecule has 112 valence electrons. The van der Waals surface area contributed by atoms with Crippen LogP contribution in [0.3, 0.4) is 0 Å². The smallest absolute Gasteiger partial charge is 0.0705 e. The molecule has 0 saturated heterocycles. The Balaban J connectivity index is 1.74. The van der Waals surface area contributed by atoms with Crippen molar-refractivity contribution in [3.63, 3.8) is 0 Å². The van der Waals surface area contributed by atoms with Gasteiger partial charge in [-0.1, -0.05) is 18.2 Å². The van der Waals surface area contributed by atoms with Gasteiger partial charge >= 0.3 is 0 Å². The fourth-order valence-corrected chi connectivity index (χ4v) is 3.40. The molecule has 1 aromatic carbocycles. The van der Waals surface area contributed by atoms with E-state index >= 15 is 0 Å². The molecule has 1 aliphatic carbocycles. The van der Waals surface area contributed by atoms with E-state index in [1.54, 1.807) is 0 Å². The van der Waals surface area contributed by atoms with Gasteiger partial charge in [-0.3, -0.25) is 4.98 Å². The summed E-state index contributed by atoms with van der Waals surface area (Å²) in [5.74, 6) is 0.769. The molecule has 2 aromatic rings. The van der Waals surface area contributed by atoms with Crippen LogP contribution in [0, 0.1) is 5.92 Å². The zero-order chi connectivity index (χ0) is 14.7. The van der Waals surface area contributed by atoms with E-state index in [2.05, 4.69) is 48.5 Å². The fraction of sp³-hybridized carbons (Fsp3) is 0.500. The molecule has 1 aliphatic rings. The fourth-order valence-electron chi connectivity index (χ4n) is 3.40. The van der Waals surface area contributed by atoms with Crippen LogP contribution in [0.2, 0.25) is 0 Å². The molecule has 0 amide bonds. The van der Waals surface area contributed by atoms with E-state index in [0.29, 0.717) is 12.1 Å². The number of nitrogens with one attached hydrogen (secondary N) is 1. The van der Waals surface area contributed by atoms with Crippen molar-refractivity contribution in [3.05, 3.63) is 42.1 Å². The Kier molecular flexibility index (Phi) is 4.51. The predicted molar refractivity (Wildman–Crippen MR) is 86.3 cm³/mol. The lowest BCUT2D eigenvalue weighted by atomic mass is 9.77. The summed E-state index contributed by atoms with van der Waals surface area (Å²) < 4.78 is 5.67. The van der Waals surface area contributed by atoms with E-state index in [1.807, 2.05) is 12.3 Å². The highest BCUT2D eigenvalue weighted by Gasteiger charge is 2.31. The second-order valence-corrected chi connectivity index (χ2v) is 5.91. The van der Waals surface area contributed by atoms with Gasteiger partial charge in [-0.25, -0.2) is 0 Å². The molecule has 1 unspecified atom stereocenters.